The van der Waals surface area contributed by atoms with E-state index < -0.39 is 11.7 Å². The molecule has 1 aromatic rings. The Morgan fingerprint density at radius 1 is 1.44 bits per heavy atom. The molecule has 1 unspecified atom stereocenters. The average Bonchev–Trinajstić information content (AvgIpc) is 2.78. The summed E-state index contributed by atoms with van der Waals surface area (Å²) in [6.07, 6.45) is 3.65. The van der Waals surface area contributed by atoms with E-state index in [9.17, 15) is 5.11 Å². The summed E-state index contributed by atoms with van der Waals surface area (Å²) < 4.78 is 5.77. The predicted octanol–water partition coefficient (Wildman–Crippen LogP) is 2.64. The number of nitrogens with zero attached hydrogens (tertiary/aromatic N) is 1. The van der Waals surface area contributed by atoms with Crippen molar-refractivity contribution < 1.29 is 9.84 Å². The van der Waals surface area contributed by atoms with Crippen LogP contribution in [0.15, 0.2) is 11.7 Å². The normalized spacial score (nSPS) is 14.0. The van der Waals surface area contributed by atoms with Gasteiger partial charge in [0.2, 0.25) is 0 Å². The standard InChI is InChI=1S/C12H21NO2S/c1-4-12(5-2,15-6-3)11(14)7-10-8-13-9-16-10/h8-9,11,14H,4-7H2,1-3H3. The molecule has 0 amide bonds. The Bertz CT molecular complexity index is 283. The molecule has 3 nitrogen and oxygen atoms in total. The molecule has 0 aliphatic carbocycles. The first-order valence-electron chi connectivity index (χ1n) is 5.87. The van der Waals surface area contributed by atoms with Gasteiger partial charge >= 0.3 is 0 Å². The molecule has 0 saturated heterocycles. The first-order valence-corrected chi connectivity index (χ1v) is 6.75. The van der Waals surface area contributed by atoms with Gasteiger partial charge in [0.05, 0.1) is 17.2 Å². The highest BCUT2D eigenvalue weighted by Crippen LogP contribution is 2.28. The molecule has 0 fully saturated rings. The molecule has 0 aromatic carbocycles. The predicted molar refractivity (Wildman–Crippen MR) is 66.8 cm³/mol. The fraction of sp³-hybridized carbons (Fsp3) is 0.750. The molecule has 16 heavy (non-hydrogen) atoms. The lowest BCUT2D eigenvalue weighted by Crippen LogP contribution is -2.45. The van der Waals surface area contributed by atoms with Gasteiger partial charge in [0, 0.05) is 24.1 Å². The van der Waals surface area contributed by atoms with Gasteiger partial charge in [-0.2, -0.15) is 0 Å². The van der Waals surface area contributed by atoms with Crippen LogP contribution in [-0.4, -0.2) is 28.4 Å². The van der Waals surface area contributed by atoms with Gasteiger partial charge in [-0.05, 0) is 19.8 Å². The van der Waals surface area contributed by atoms with Gasteiger partial charge in [0.25, 0.3) is 0 Å². The van der Waals surface area contributed by atoms with Gasteiger partial charge in [-0.1, -0.05) is 13.8 Å². The second-order valence-corrected chi connectivity index (χ2v) is 4.86. The maximum atomic E-state index is 10.3. The Balaban J connectivity index is 2.70. The molecule has 1 N–H and O–H groups in total. The third-order valence-corrected chi connectivity index (χ3v) is 3.92. The van der Waals surface area contributed by atoms with Crippen molar-refractivity contribution in [1.82, 2.24) is 4.98 Å². The number of aromatic nitrogens is 1. The zero-order valence-corrected chi connectivity index (χ0v) is 11.1. The van der Waals surface area contributed by atoms with E-state index in [4.69, 9.17) is 4.74 Å². The Labute approximate surface area is 101 Å². The molecule has 4 heteroatoms. The van der Waals surface area contributed by atoms with Gasteiger partial charge in [-0.15, -0.1) is 11.3 Å². The summed E-state index contributed by atoms with van der Waals surface area (Å²) in [5, 5.41) is 10.3. The van der Waals surface area contributed by atoms with Gasteiger partial charge in [0.1, 0.15) is 0 Å². The summed E-state index contributed by atoms with van der Waals surface area (Å²) in [6.45, 7) is 6.74. The highest BCUT2D eigenvalue weighted by Gasteiger charge is 2.35. The van der Waals surface area contributed by atoms with E-state index in [0.29, 0.717) is 13.0 Å². The molecule has 0 saturated carbocycles. The van der Waals surface area contributed by atoms with Crippen LogP contribution < -0.4 is 0 Å². The quantitative estimate of drug-likeness (QED) is 0.800. The van der Waals surface area contributed by atoms with Crippen LogP contribution in [0.1, 0.15) is 38.5 Å². The second kappa shape index (κ2) is 6.33. The van der Waals surface area contributed by atoms with Crippen molar-refractivity contribution >= 4 is 11.3 Å². The Morgan fingerprint density at radius 3 is 2.56 bits per heavy atom. The average molecular weight is 243 g/mol. The summed E-state index contributed by atoms with van der Waals surface area (Å²) in [5.74, 6) is 0. The lowest BCUT2D eigenvalue weighted by molar-refractivity contribution is -0.124. The molecule has 0 spiro atoms. The SMILES string of the molecule is CCOC(CC)(CC)C(O)Cc1cncs1. The first-order chi connectivity index (χ1) is 7.68. The number of rotatable bonds is 7. The van der Waals surface area contributed by atoms with Crippen LogP contribution >= 0.6 is 11.3 Å². The zero-order valence-electron chi connectivity index (χ0n) is 10.3. The van der Waals surface area contributed by atoms with Crippen molar-refractivity contribution in [2.45, 2.75) is 51.7 Å². The van der Waals surface area contributed by atoms with Crippen LogP contribution in [0.4, 0.5) is 0 Å². The van der Waals surface area contributed by atoms with E-state index in [0.717, 1.165) is 17.7 Å². The number of aliphatic hydroxyl groups is 1. The zero-order chi connectivity index (χ0) is 12.0. The molecule has 1 rings (SSSR count). The molecule has 0 aliphatic heterocycles. The Kier molecular flexibility index (Phi) is 5.38. The maximum Gasteiger partial charge on any atom is 0.0938 e. The fourth-order valence-corrected chi connectivity index (χ4v) is 2.66. The largest absolute Gasteiger partial charge is 0.390 e. The lowest BCUT2D eigenvalue weighted by atomic mass is 9.88. The van der Waals surface area contributed by atoms with Gasteiger partial charge in [0.15, 0.2) is 0 Å². The van der Waals surface area contributed by atoms with Crippen molar-refractivity contribution in [3.8, 4) is 0 Å². The third-order valence-electron chi connectivity index (χ3n) is 3.11. The number of hydrogen-bond donors (Lipinski definition) is 1. The molecule has 1 heterocycles. The van der Waals surface area contributed by atoms with Gasteiger partial charge in [-0.25, -0.2) is 0 Å². The number of ether oxygens (including phenoxy) is 1. The van der Waals surface area contributed by atoms with Crippen LogP contribution in [-0.2, 0) is 11.2 Å². The van der Waals surface area contributed by atoms with Gasteiger partial charge < -0.3 is 9.84 Å². The van der Waals surface area contributed by atoms with Gasteiger partial charge in [-0.3, -0.25) is 4.98 Å². The first kappa shape index (κ1) is 13.6. The highest BCUT2D eigenvalue weighted by molar-refractivity contribution is 7.09. The summed E-state index contributed by atoms with van der Waals surface area (Å²) in [5.41, 5.74) is 1.39. The Hall–Kier alpha value is -0.450. The molecule has 0 radical (unpaired) electrons. The molecular weight excluding hydrogens is 222 g/mol. The monoisotopic (exact) mass is 243 g/mol. The molecular formula is C12H21NO2S. The topological polar surface area (TPSA) is 42.4 Å². The van der Waals surface area contributed by atoms with E-state index in [1.165, 1.54) is 0 Å². The molecule has 1 aromatic heterocycles. The van der Waals surface area contributed by atoms with Crippen LogP contribution in [0.5, 0.6) is 0 Å². The second-order valence-electron chi connectivity index (χ2n) is 3.89. The summed E-state index contributed by atoms with van der Waals surface area (Å²) in [4.78, 5) is 5.13. The summed E-state index contributed by atoms with van der Waals surface area (Å²) >= 11 is 1.58. The van der Waals surface area contributed by atoms with E-state index in [2.05, 4.69) is 18.8 Å². The van der Waals surface area contributed by atoms with Crippen molar-refractivity contribution in [2.75, 3.05) is 6.61 Å². The fourth-order valence-electron chi connectivity index (χ4n) is 2.03. The highest BCUT2D eigenvalue weighted by atomic mass is 32.1. The number of aliphatic hydroxyl groups excluding tert-OH is 1. The van der Waals surface area contributed by atoms with E-state index in [1.807, 2.05) is 13.1 Å². The van der Waals surface area contributed by atoms with Crippen LogP contribution in [0.25, 0.3) is 0 Å². The maximum absolute atomic E-state index is 10.3. The summed E-state index contributed by atoms with van der Waals surface area (Å²) in [6, 6.07) is 0. The van der Waals surface area contributed by atoms with Crippen LogP contribution in [0.2, 0.25) is 0 Å². The Morgan fingerprint density at radius 2 is 2.12 bits per heavy atom. The van der Waals surface area contributed by atoms with Crippen LogP contribution in [0, 0.1) is 0 Å². The summed E-state index contributed by atoms with van der Waals surface area (Å²) in [7, 11) is 0. The molecule has 0 bridgehead atoms. The smallest absolute Gasteiger partial charge is 0.0938 e. The number of thiazole rings is 1. The van der Waals surface area contributed by atoms with E-state index in [1.54, 1.807) is 16.8 Å². The lowest BCUT2D eigenvalue weighted by Gasteiger charge is -2.36. The number of hydrogen-bond acceptors (Lipinski definition) is 4. The van der Waals surface area contributed by atoms with Crippen molar-refractivity contribution in [1.29, 1.82) is 0 Å². The van der Waals surface area contributed by atoms with Crippen LogP contribution in [0.3, 0.4) is 0 Å². The van der Waals surface area contributed by atoms with E-state index >= 15 is 0 Å². The minimum Gasteiger partial charge on any atom is -0.390 e. The van der Waals surface area contributed by atoms with Crippen molar-refractivity contribution in [3.05, 3.63) is 16.6 Å². The molecule has 1 atom stereocenters. The minimum absolute atomic E-state index is 0.404. The minimum atomic E-state index is -0.456. The molecule has 0 aliphatic rings. The van der Waals surface area contributed by atoms with Crippen molar-refractivity contribution in [2.24, 2.45) is 0 Å². The van der Waals surface area contributed by atoms with Crippen molar-refractivity contribution in [3.63, 3.8) is 0 Å². The van der Waals surface area contributed by atoms with E-state index in [-0.39, 0.29) is 0 Å². The molecule has 92 valence electrons. The third kappa shape index (κ3) is 3.03.